The predicted octanol–water partition coefficient (Wildman–Crippen LogP) is 4.57. The van der Waals surface area contributed by atoms with Crippen LogP contribution in [0.3, 0.4) is 0 Å². The Morgan fingerprint density at radius 1 is 1.18 bits per heavy atom. The number of rotatable bonds is 8. The number of aryl methyl sites for hydroxylation is 1. The molecule has 1 aromatic heterocycles. The molecule has 2 aromatic carbocycles. The molecule has 172 valence electrons. The molecule has 0 aliphatic carbocycles. The summed E-state index contributed by atoms with van der Waals surface area (Å²) in [6.45, 7) is 5.76. The zero-order valence-electron chi connectivity index (χ0n) is 18.6. The van der Waals surface area contributed by atoms with E-state index in [9.17, 15) is 14.7 Å². The van der Waals surface area contributed by atoms with E-state index >= 15 is 0 Å². The Labute approximate surface area is 198 Å². The average Bonchev–Trinajstić information content (AvgIpc) is 3.29. The van der Waals surface area contributed by atoms with Gasteiger partial charge in [0.15, 0.2) is 0 Å². The summed E-state index contributed by atoms with van der Waals surface area (Å²) >= 11 is 5.94. The van der Waals surface area contributed by atoms with E-state index in [1.165, 1.54) is 11.6 Å². The molecule has 1 fully saturated rings. The Morgan fingerprint density at radius 2 is 1.91 bits per heavy atom. The van der Waals surface area contributed by atoms with Crippen molar-refractivity contribution >= 4 is 23.3 Å². The number of carboxylic acid groups (broad SMARTS) is 1. The smallest absolute Gasteiger partial charge is 0.341 e. The quantitative estimate of drug-likeness (QED) is 0.453. The van der Waals surface area contributed by atoms with Crippen LogP contribution < -0.4 is 15.8 Å². The maximum Gasteiger partial charge on any atom is 0.341 e. The molecule has 33 heavy (non-hydrogen) atoms. The SMILES string of the molecule is CCc1cc(C(=O)O)c(=O)[nH]c1-c1ccc(N2CCC(CNCc3ccc(Cl)cc3)C2)cc1. The molecular weight excluding hydrogens is 438 g/mol. The predicted molar refractivity (Wildman–Crippen MR) is 132 cm³/mol. The number of benzene rings is 2. The first-order chi connectivity index (χ1) is 15.9. The molecule has 0 spiro atoms. The molecule has 1 aliphatic rings. The second kappa shape index (κ2) is 10.2. The molecule has 6 nitrogen and oxygen atoms in total. The standard InChI is InChI=1S/C26H28ClN3O3/c1-2-19-13-23(26(32)33)25(31)29-24(19)20-5-9-22(10-6-20)30-12-11-18(16-30)15-28-14-17-3-7-21(27)8-4-17/h3-10,13,18,28H,2,11-12,14-16H2,1H3,(H,29,31)(H,32,33). The molecule has 4 rings (SSSR count). The van der Waals surface area contributed by atoms with Crippen LogP contribution in [0.15, 0.2) is 59.4 Å². The van der Waals surface area contributed by atoms with Gasteiger partial charge in [0.2, 0.25) is 0 Å². The number of hydrogen-bond donors (Lipinski definition) is 3. The zero-order chi connectivity index (χ0) is 23.4. The van der Waals surface area contributed by atoms with Gasteiger partial charge in [-0.15, -0.1) is 0 Å². The Kier molecular flexibility index (Phi) is 7.16. The highest BCUT2D eigenvalue weighted by atomic mass is 35.5. The summed E-state index contributed by atoms with van der Waals surface area (Å²) < 4.78 is 0. The lowest BCUT2D eigenvalue weighted by Gasteiger charge is -2.19. The van der Waals surface area contributed by atoms with Crippen molar-refractivity contribution in [1.29, 1.82) is 0 Å². The van der Waals surface area contributed by atoms with Crippen LogP contribution in [0.5, 0.6) is 0 Å². The number of hydrogen-bond acceptors (Lipinski definition) is 4. The molecule has 1 aliphatic heterocycles. The lowest BCUT2D eigenvalue weighted by molar-refractivity contribution is 0.0695. The Hall–Kier alpha value is -3.09. The molecule has 3 N–H and O–H groups in total. The lowest BCUT2D eigenvalue weighted by atomic mass is 10.0. The van der Waals surface area contributed by atoms with Crippen LogP contribution in [-0.4, -0.2) is 35.7 Å². The van der Waals surface area contributed by atoms with Gasteiger partial charge in [-0.05, 0) is 65.8 Å². The maximum atomic E-state index is 12.2. The van der Waals surface area contributed by atoms with Crippen molar-refractivity contribution < 1.29 is 9.90 Å². The number of nitrogens with zero attached hydrogens (tertiary/aromatic N) is 1. The number of nitrogens with one attached hydrogen (secondary N) is 2. The number of carboxylic acids is 1. The maximum absolute atomic E-state index is 12.2. The van der Waals surface area contributed by atoms with Gasteiger partial charge in [-0.1, -0.05) is 42.8 Å². The van der Waals surface area contributed by atoms with Crippen molar-refractivity contribution in [2.24, 2.45) is 5.92 Å². The van der Waals surface area contributed by atoms with Crippen molar-refractivity contribution in [3.63, 3.8) is 0 Å². The van der Waals surface area contributed by atoms with Gasteiger partial charge in [-0.3, -0.25) is 4.79 Å². The largest absolute Gasteiger partial charge is 0.477 e. The molecule has 7 heteroatoms. The summed E-state index contributed by atoms with van der Waals surface area (Å²) in [5, 5.41) is 13.5. The number of halogens is 1. The van der Waals surface area contributed by atoms with Crippen LogP contribution in [-0.2, 0) is 13.0 Å². The van der Waals surface area contributed by atoms with E-state index in [1.54, 1.807) is 0 Å². The number of H-pyrrole nitrogens is 1. The van der Waals surface area contributed by atoms with E-state index in [0.29, 0.717) is 18.0 Å². The third kappa shape index (κ3) is 5.46. The molecule has 0 bridgehead atoms. The molecular formula is C26H28ClN3O3. The van der Waals surface area contributed by atoms with E-state index in [0.717, 1.165) is 54.4 Å². The average molecular weight is 466 g/mol. The fraction of sp³-hybridized carbons (Fsp3) is 0.308. The van der Waals surface area contributed by atoms with E-state index in [1.807, 2.05) is 43.3 Å². The van der Waals surface area contributed by atoms with E-state index in [2.05, 4.69) is 27.3 Å². The number of aromatic nitrogens is 1. The topological polar surface area (TPSA) is 85.4 Å². The van der Waals surface area contributed by atoms with E-state index < -0.39 is 11.5 Å². The Morgan fingerprint density at radius 3 is 2.58 bits per heavy atom. The van der Waals surface area contributed by atoms with Gasteiger partial charge >= 0.3 is 5.97 Å². The third-order valence-corrected chi connectivity index (χ3v) is 6.47. The molecule has 1 atom stereocenters. The highest BCUT2D eigenvalue weighted by Crippen LogP contribution is 2.28. The first-order valence-corrected chi connectivity index (χ1v) is 11.6. The van der Waals surface area contributed by atoms with Gasteiger partial charge in [-0.2, -0.15) is 0 Å². The van der Waals surface area contributed by atoms with Crippen LogP contribution in [0.25, 0.3) is 11.3 Å². The molecule has 1 saturated heterocycles. The van der Waals surface area contributed by atoms with Crippen LogP contribution in [0.4, 0.5) is 5.69 Å². The van der Waals surface area contributed by atoms with Gasteiger partial charge in [0, 0.05) is 36.9 Å². The van der Waals surface area contributed by atoms with Crippen molar-refractivity contribution in [2.75, 3.05) is 24.5 Å². The highest BCUT2D eigenvalue weighted by Gasteiger charge is 2.22. The Bertz CT molecular complexity index is 1170. The summed E-state index contributed by atoms with van der Waals surface area (Å²) in [5.74, 6) is -0.623. The molecule has 0 amide bonds. The Balaban J connectivity index is 1.38. The van der Waals surface area contributed by atoms with Gasteiger partial charge < -0.3 is 20.3 Å². The monoisotopic (exact) mass is 465 g/mol. The summed E-state index contributed by atoms with van der Waals surface area (Å²) in [5.41, 5.74) is 3.96. The summed E-state index contributed by atoms with van der Waals surface area (Å²) in [7, 11) is 0. The summed E-state index contributed by atoms with van der Waals surface area (Å²) in [6.07, 6.45) is 1.77. The van der Waals surface area contributed by atoms with Gasteiger partial charge in [0.05, 0.1) is 5.69 Å². The second-order valence-electron chi connectivity index (χ2n) is 8.48. The first kappa shape index (κ1) is 23.1. The highest BCUT2D eigenvalue weighted by molar-refractivity contribution is 6.30. The number of carbonyl (C=O) groups is 1. The minimum atomic E-state index is -1.21. The lowest BCUT2D eigenvalue weighted by Crippen LogP contribution is -2.26. The van der Waals surface area contributed by atoms with Crippen LogP contribution >= 0.6 is 11.6 Å². The van der Waals surface area contributed by atoms with Gasteiger partial charge in [0.25, 0.3) is 5.56 Å². The summed E-state index contributed by atoms with van der Waals surface area (Å²) in [4.78, 5) is 28.6. The van der Waals surface area contributed by atoms with Crippen LogP contribution in [0.2, 0.25) is 5.02 Å². The molecule has 1 unspecified atom stereocenters. The number of anilines is 1. The van der Waals surface area contributed by atoms with Gasteiger partial charge in [-0.25, -0.2) is 4.79 Å². The minimum absolute atomic E-state index is 0.222. The molecule has 2 heterocycles. The van der Waals surface area contributed by atoms with Crippen LogP contribution in [0.1, 0.15) is 34.8 Å². The normalized spacial score (nSPS) is 15.7. The second-order valence-corrected chi connectivity index (χ2v) is 8.91. The van der Waals surface area contributed by atoms with Crippen molar-refractivity contribution in [3.8, 4) is 11.3 Å². The summed E-state index contributed by atoms with van der Waals surface area (Å²) in [6, 6.07) is 17.5. The minimum Gasteiger partial charge on any atom is -0.477 e. The van der Waals surface area contributed by atoms with E-state index in [4.69, 9.17) is 11.6 Å². The number of pyridine rings is 1. The number of aromatic amines is 1. The molecule has 3 aromatic rings. The van der Waals surface area contributed by atoms with Crippen LogP contribution in [0, 0.1) is 5.92 Å². The fourth-order valence-electron chi connectivity index (χ4n) is 4.36. The van der Waals surface area contributed by atoms with Crippen molar-refractivity contribution in [2.45, 2.75) is 26.3 Å². The van der Waals surface area contributed by atoms with Crippen molar-refractivity contribution in [3.05, 3.63) is 86.7 Å². The molecule has 0 saturated carbocycles. The zero-order valence-corrected chi connectivity index (χ0v) is 19.4. The fourth-order valence-corrected chi connectivity index (χ4v) is 4.49. The third-order valence-electron chi connectivity index (χ3n) is 6.22. The van der Waals surface area contributed by atoms with Crippen molar-refractivity contribution in [1.82, 2.24) is 10.3 Å². The number of aromatic carboxylic acids is 1. The first-order valence-electron chi connectivity index (χ1n) is 11.2. The van der Waals surface area contributed by atoms with E-state index in [-0.39, 0.29) is 5.56 Å². The molecule has 0 radical (unpaired) electrons. The van der Waals surface area contributed by atoms with Gasteiger partial charge in [0.1, 0.15) is 5.56 Å².